The molecule has 6 nitrogen and oxygen atoms in total. The van der Waals surface area contributed by atoms with Crippen LogP contribution in [0.3, 0.4) is 0 Å². The maximum Gasteiger partial charge on any atom is 0.407 e. The Labute approximate surface area is 154 Å². The number of piperidine rings is 1. The van der Waals surface area contributed by atoms with Gasteiger partial charge in [-0.3, -0.25) is 0 Å². The van der Waals surface area contributed by atoms with E-state index in [0.717, 1.165) is 12.8 Å². The van der Waals surface area contributed by atoms with Crippen LogP contribution in [0.5, 0.6) is 0 Å². The summed E-state index contributed by atoms with van der Waals surface area (Å²) in [6.07, 6.45) is 1.70. The van der Waals surface area contributed by atoms with Gasteiger partial charge in [0.25, 0.3) is 0 Å². The quantitative estimate of drug-likeness (QED) is 0.844. The van der Waals surface area contributed by atoms with E-state index < -0.39 is 27.5 Å². The normalized spacial score (nSPS) is 19.2. The lowest BCUT2D eigenvalue weighted by atomic mass is 10.1. The predicted molar refractivity (Wildman–Crippen MR) is 97.6 cm³/mol. The van der Waals surface area contributed by atoms with Gasteiger partial charge in [0.05, 0.1) is 5.75 Å². The molecule has 2 rings (SSSR count). The molecule has 26 heavy (non-hydrogen) atoms. The average Bonchev–Trinajstić information content (AvgIpc) is 2.54. The molecule has 0 aromatic heterocycles. The number of benzene rings is 1. The molecule has 0 saturated carbocycles. The largest absolute Gasteiger partial charge is 0.444 e. The number of halogens is 1. The van der Waals surface area contributed by atoms with E-state index in [9.17, 15) is 17.6 Å². The number of amides is 1. The van der Waals surface area contributed by atoms with Crippen LogP contribution in [0.4, 0.5) is 9.18 Å². The molecule has 1 aliphatic rings. The monoisotopic (exact) mass is 386 g/mol. The molecule has 1 fully saturated rings. The van der Waals surface area contributed by atoms with E-state index in [4.69, 9.17) is 4.74 Å². The number of sulfonamides is 1. The van der Waals surface area contributed by atoms with E-state index in [2.05, 4.69) is 5.32 Å². The number of carbonyl (C=O) groups is 1. The van der Waals surface area contributed by atoms with Crippen molar-refractivity contribution < 1.29 is 22.3 Å². The summed E-state index contributed by atoms with van der Waals surface area (Å²) in [7, 11) is -3.69. The van der Waals surface area contributed by atoms with Crippen molar-refractivity contribution in [2.75, 3.05) is 13.1 Å². The van der Waals surface area contributed by atoms with Crippen molar-refractivity contribution in [3.05, 3.63) is 35.6 Å². The molecule has 146 valence electrons. The van der Waals surface area contributed by atoms with Crippen LogP contribution in [0.2, 0.25) is 0 Å². The molecule has 1 aromatic carbocycles. The Hall–Kier alpha value is -1.67. The minimum Gasteiger partial charge on any atom is -0.444 e. The van der Waals surface area contributed by atoms with E-state index in [0.29, 0.717) is 13.0 Å². The maximum atomic E-state index is 13.8. The first kappa shape index (κ1) is 20.6. The molecule has 0 aliphatic carbocycles. The van der Waals surface area contributed by atoms with Crippen LogP contribution >= 0.6 is 0 Å². The molecular weight excluding hydrogens is 359 g/mol. The van der Waals surface area contributed by atoms with Gasteiger partial charge in [-0.05, 0) is 39.7 Å². The van der Waals surface area contributed by atoms with E-state index in [1.54, 1.807) is 26.8 Å². The summed E-state index contributed by atoms with van der Waals surface area (Å²) in [5.74, 6) is -0.917. The summed E-state index contributed by atoms with van der Waals surface area (Å²) in [5, 5.41) is 2.64. The van der Waals surface area contributed by atoms with E-state index >= 15 is 0 Å². The Balaban J connectivity index is 2.05. The second-order valence-corrected chi connectivity index (χ2v) is 9.41. The fourth-order valence-corrected chi connectivity index (χ4v) is 4.79. The van der Waals surface area contributed by atoms with Gasteiger partial charge in [-0.1, -0.05) is 24.6 Å². The highest BCUT2D eigenvalue weighted by Crippen LogP contribution is 2.23. The zero-order valence-corrected chi connectivity index (χ0v) is 16.3. The molecule has 1 N–H and O–H groups in total. The first-order chi connectivity index (χ1) is 12.1. The smallest absolute Gasteiger partial charge is 0.407 e. The molecule has 1 atom stereocenters. The van der Waals surface area contributed by atoms with Crippen LogP contribution in [0.25, 0.3) is 0 Å². The topological polar surface area (TPSA) is 75.7 Å². The summed E-state index contributed by atoms with van der Waals surface area (Å²) >= 11 is 0. The fraction of sp³-hybridized carbons (Fsp3) is 0.611. The third kappa shape index (κ3) is 5.95. The molecule has 0 bridgehead atoms. The van der Waals surface area contributed by atoms with Crippen LogP contribution in [0, 0.1) is 5.82 Å². The number of hydrogen-bond acceptors (Lipinski definition) is 4. The third-order valence-corrected chi connectivity index (χ3v) is 5.98. The van der Waals surface area contributed by atoms with Crippen LogP contribution in [-0.4, -0.2) is 43.5 Å². The highest BCUT2D eigenvalue weighted by molar-refractivity contribution is 7.88. The van der Waals surface area contributed by atoms with Gasteiger partial charge in [-0.2, -0.15) is 4.31 Å². The number of carbonyl (C=O) groups excluding carboxylic acids is 1. The minimum absolute atomic E-state index is 0.150. The molecule has 0 unspecified atom stereocenters. The second-order valence-electron chi connectivity index (χ2n) is 7.49. The zero-order chi connectivity index (χ0) is 19.4. The van der Waals surface area contributed by atoms with Crippen molar-refractivity contribution in [1.29, 1.82) is 0 Å². The summed E-state index contributed by atoms with van der Waals surface area (Å²) in [6.45, 7) is 5.83. The van der Waals surface area contributed by atoms with Crippen molar-refractivity contribution in [2.45, 2.75) is 57.4 Å². The van der Waals surface area contributed by atoms with Crippen LogP contribution in [-0.2, 0) is 20.5 Å². The van der Waals surface area contributed by atoms with Crippen molar-refractivity contribution in [1.82, 2.24) is 9.62 Å². The van der Waals surface area contributed by atoms with Crippen LogP contribution in [0.1, 0.15) is 45.6 Å². The molecule has 1 aliphatic heterocycles. The van der Waals surface area contributed by atoms with E-state index in [-0.39, 0.29) is 23.9 Å². The third-order valence-electron chi connectivity index (χ3n) is 4.11. The van der Waals surface area contributed by atoms with Gasteiger partial charge in [0.15, 0.2) is 0 Å². The highest BCUT2D eigenvalue weighted by atomic mass is 32.2. The number of nitrogens with zero attached hydrogens (tertiary/aromatic N) is 1. The van der Waals surface area contributed by atoms with Gasteiger partial charge in [0.1, 0.15) is 11.4 Å². The molecule has 1 aromatic rings. The Morgan fingerprint density at radius 2 is 2.00 bits per heavy atom. The van der Waals surface area contributed by atoms with Crippen LogP contribution < -0.4 is 5.32 Å². The lowest BCUT2D eigenvalue weighted by molar-refractivity contribution is 0.0512. The Kier molecular flexibility index (Phi) is 6.63. The SMILES string of the molecule is CC(C)(C)OC(=O)NC[C@H]1CCCCN1S(=O)(=O)Cc1ccccc1F. The molecule has 0 radical (unpaired) electrons. The number of alkyl carbamates (subject to hydrolysis) is 1. The van der Waals surface area contributed by atoms with E-state index in [1.165, 1.54) is 22.5 Å². The lowest BCUT2D eigenvalue weighted by Crippen LogP contribution is -2.50. The van der Waals surface area contributed by atoms with Crippen LogP contribution in [0.15, 0.2) is 24.3 Å². The van der Waals surface area contributed by atoms with Crippen molar-refractivity contribution in [3.8, 4) is 0 Å². The standard InChI is InChI=1S/C18H27FN2O4S/c1-18(2,3)25-17(22)20-12-15-9-6-7-11-21(15)26(23,24)13-14-8-4-5-10-16(14)19/h4-5,8,10,15H,6-7,9,11-13H2,1-3H3,(H,20,22)/t15-/m1/s1. The molecule has 1 amide bonds. The van der Waals surface area contributed by atoms with Gasteiger partial charge in [-0.25, -0.2) is 17.6 Å². The predicted octanol–water partition coefficient (Wildman–Crippen LogP) is 3.03. The first-order valence-corrected chi connectivity index (χ1v) is 10.4. The highest BCUT2D eigenvalue weighted by Gasteiger charge is 2.33. The molecular formula is C18H27FN2O4S. The summed E-state index contributed by atoms with van der Waals surface area (Å²) in [5.41, 5.74) is -0.468. The Bertz CT molecular complexity index is 731. The van der Waals surface area contributed by atoms with Gasteiger partial charge in [0.2, 0.25) is 10.0 Å². The summed E-state index contributed by atoms with van der Waals surface area (Å²) in [4.78, 5) is 11.8. The zero-order valence-electron chi connectivity index (χ0n) is 15.5. The lowest BCUT2D eigenvalue weighted by Gasteiger charge is -2.35. The second kappa shape index (κ2) is 8.35. The van der Waals surface area contributed by atoms with Crippen molar-refractivity contribution >= 4 is 16.1 Å². The number of nitrogens with one attached hydrogen (secondary N) is 1. The Morgan fingerprint density at radius 1 is 1.31 bits per heavy atom. The number of ether oxygens (including phenoxy) is 1. The molecule has 8 heteroatoms. The van der Waals surface area contributed by atoms with Crippen molar-refractivity contribution in [2.24, 2.45) is 0 Å². The average molecular weight is 386 g/mol. The van der Waals surface area contributed by atoms with Crippen molar-refractivity contribution in [3.63, 3.8) is 0 Å². The van der Waals surface area contributed by atoms with Gasteiger partial charge >= 0.3 is 6.09 Å². The fourth-order valence-electron chi connectivity index (χ4n) is 2.95. The van der Waals surface area contributed by atoms with Gasteiger partial charge in [0, 0.05) is 24.7 Å². The maximum absolute atomic E-state index is 13.8. The molecule has 1 saturated heterocycles. The summed E-state index contributed by atoms with van der Waals surface area (Å²) < 4.78 is 46.0. The number of hydrogen-bond donors (Lipinski definition) is 1. The number of rotatable bonds is 5. The molecule has 1 heterocycles. The van der Waals surface area contributed by atoms with Gasteiger partial charge in [-0.15, -0.1) is 0 Å². The van der Waals surface area contributed by atoms with Gasteiger partial charge < -0.3 is 10.1 Å². The minimum atomic E-state index is -3.69. The molecule has 0 spiro atoms. The first-order valence-electron chi connectivity index (χ1n) is 8.78. The van der Waals surface area contributed by atoms with E-state index in [1.807, 2.05) is 0 Å². The summed E-state index contributed by atoms with van der Waals surface area (Å²) in [6, 6.07) is 5.52. The Morgan fingerprint density at radius 3 is 2.65 bits per heavy atom.